The molecule has 1 fully saturated rings. The lowest BCUT2D eigenvalue weighted by Gasteiger charge is -2.34. The minimum absolute atomic E-state index is 0.0591. The van der Waals surface area contributed by atoms with Gasteiger partial charge >= 0.3 is 0 Å². The zero-order valence-electron chi connectivity index (χ0n) is 14.8. The Morgan fingerprint density at radius 2 is 1.88 bits per heavy atom. The van der Waals surface area contributed by atoms with Crippen molar-refractivity contribution < 1.29 is 14.0 Å². The van der Waals surface area contributed by atoms with Crippen LogP contribution in [0.15, 0.2) is 24.3 Å². The number of Topliss-reactive ketones (excluding diaryl/α,β-unsaturated/α-hetero) is 1. The summed E-state index contributed by atoms with van der Waals surface area (Å²) in [7, 11) is 0. The molecular formula is C19H21ClFN3O2. The van der Waals surface area contributed by atoms with E-state index in [1.165, 1.54) is 18.2 Å². The third-order valence-corrected chi connectivity index (χ3v) is 4.97. The Morgan fingerprint density at radius 1 is 1.19 bits per heavy atom. The van der Waals surface area contributed by atoms with Gasteiger partial charge in [0.2, 0.25) is 0 Å². The second-order valence-electron chi connectivity index (χ2n) is 6.58. The van der Waals surface area contributed by atoms with Gasteiger partial charge in [-0.15, -0.1) is 0 Å². The summed E-state index contributed by atoms with van der Waals surface area (Å²) in [6.07, 6.45) is 0. The number of ketones is 1. The van der Waals surface area contributed by atoms with E-state index in [-0.39, 0.29) is 16.4 Å². The molecule has 2 heterocycles. The van der Waals surface area contributed by atoms with Gasteiger partial charge in [-0.1, -0.05) is 17.7 Å². The standard InChI is InChI=1S/C19H21ClFN3O2/c1-12-10-14(13(2)22-12)17(25)11-23-6-8-24(9-7-23)19(26)18-15(20)4-3-5-16(18)21/h3-5,10,22H,6-9,11H2,1-2H3. The Morgan fingerprint density at radius 3 is 2.46 bits per heavy atom. The highest BCUT2D eigenvalue weighted by Crippen LogP contribution is 2.21. The molecule has 1 N–H and O–H groups in total. The molecule has 1 aliphatic rings. The van der Waals surface area contributed by atoms with Crippen LogP contribution in [0, 0.1) is 19.7 Å². The Hall–Kier alpha value is -2.18. The first-order valence-electron chi connectivity index (χ1n) is 8.52. The molecule has 1 aromatic heterocycles. The van der Waals surface area contributed by atoms with E-state index >= 15 is 0 Å². The van der Waals surface area contributed by atoms with Crippen LogP contribution in [-0.4, -0.2) is 59.2 Å². The van der Waals surface area contributed by atoms with E-state index in [2.05, 4.69) is 4.98 Å². The second-order valence-corrected chi connectivity index (χ2v) is 6.99. The lowest BCUT2D eigenvalue weighted by molar-refractivity contribution is 0.0620. The minimum Gasteiger partial charge on any atom is -0.362 e. The molecule has 1 aromatic carbocycles. The zero-order chi connectivity index (χ0) is 18.8. The molecule has 3 rings (SSSR count). The Balaban J connectivity index is 1.60. The number of halogens is 2. The van der Waals surface area contributed by atoms with Gasteiger partial charge in [-0.3, -0.25) is 14.5 Å². The van der Waals surface area contributed by atoms with Crippen LogP contribution in [0.1, 0.15) is 32.1 Å². The fourth-order valence-corrected chi connectivity index (χ4v) is 3.51. The number of aromatic nitrogens is 1. The molecule has 0 spiro atoms. The maximum atomic E-state index is 13.9. The van der Waals surface area contributed by atoms with Crippen molar-refractivity contribution in [2.24, 2.45) is 0 Å². The number of hydrogen-bond donors (Lipinski definition) is 1. The van der Waals surface area contributed by atoms with Gasteiger partial charge in [0.05, 0.1) is 17.1 Å². The van der Waals surface area contributed by atoms with Crippen LogP contribution in [0.3, 0.4) is 0 Å². The molecule has 5 nitrogen and oxygen atoms in total. The molecule has 0 atom stereocenters. The molecule has 0 bridgehead atoms. The first-order chi connectivity index (χ1) is 12.4. The molecule has 0 unspecified atom stereocenters. The first kappa shape index (κ1) is 18.6. The minimum atomic E-state index is -0.613. The average molecular weight is 378 g/mol. The summed E-state index contributed by atoms with van der Waals surface area (Å²) in [5, 5.41) is 0.117. The summed E-state index contributed by atoms with van der Waals surface area (Å²) < 4.78 is 13.9. The van der Waals surface area contributed by atoms with Gasteiger partial charge in [0.1, 0.15) is 5.82 Å². The van der Waals surface area contributed by atoms with Crippen molar-refractivity contribution in [1.29, 1.82) is 0 Å². The molecular weight excluding hydrogens is 357 g/mol. The molecule has 1 amide bonds. The fraction of sp³-hybridized carbons (Fsp3) is 0.368. The second kappa shape index (κ2) is 7.60. The smallest absolute Gasteiger partial charge is 0.258 e. The Labute approximate surface area is 156 Å². The predicted molar refractivity (Wildman–Crippen MR) is 98.4 cm³/mol. The lowest BCUT2D eigenvalue weighted by Crippen LogP contribution is -2.50. The highest BCUT2D eigenvalue weighted by Gasteiger charge is 2.27. The molecule has 7 heteroatoms. The van der Waals surface area contributed by atoms with Crippen LogP contribution in [0.4, 0.5) is 4.39 Å². The van der Waals surface area contributed by atoms with E-state index in [0.717, 1.165) is 11.4 Å². The third kappa shape index (κ3) is 3.81. The maximum absolute atomic E-state index is 13.9. The van der Waals surface area contributed by atoms with Crippen molar-refractivity contribution in [3.63, 3.8) is 0 Å². The van der Waals surface area contributed by atoms with Gasteiger partial charge in [-0.2, -0.15) is 0 Å². The monoisotopic (exact) mass is 377 g/mol. The number of benzene rings is 1. The molecule has 1 aliphatic heterocycles. The number of aryl methyl sites for hydroxylation is 2. The number of piperazine rings is 1. The van der Waals surface area contributed by atoms with Crippen LogP contribution in [-0.2, 0) is 0 Å². The zero-order valence-corrected chi connectivity index (χ0v) is 15.6. The average Bonchev–Trinajstić information content (AvgIpc) is 2.93. The van der Waals surface area contributed by atoms with Gasteiger partial charge in [0.15, 0.2) is 5.78 Å². The Kier molecular flexibility index (Phi) is 5.44. The normalized spacial score (nSPS) is 15.3. The number of carbonyl (C=O) groups is 2. The number of hydrogen-bond acceptors (Lipinski definition) is 3. The van der Waals surface area contributed by atoms with Crippen LogP contribution in [0.5, 0.6) is 0 Å². The van der Waals surface area contributed by atoms with Crippen molar-refractivity contribution in [3.8, 4) is 0 Å². The molecule has 1 saturated heterocycles. The van der Waals surface area contributed by atoms with E-state index in [1.54, 1.807) is 4.90 Å². The fourth-order valence-electron chi connectivity index (χ4n) is 3.27. The topological polar surface area (TPSA) is 56.4 Å². The summed E-state index contributed by atoms with van der Waals surface area (Å²) >= 11 is 5.98. The van der Waals surface area contributed by atoms with Crippen molar-refractivity contribution in [2.45, 2.75) is 13.8 Å². The lowest BCUT2D eigenvalue weighted by atomic mass is 10.1. The van der Waals surface area contributed by atoms with Crippen molar-refractivity contribution in [2.75, 3.05) is 32.7 Å². The maximum Gasteiger partial charge on any atom is 0.258 e. The van der Waals surface area contributed by atoms with E-state index in [9.17, 15) is 14.0 Å². The van der Waals surface area contributed by atoms with Gasteiger partial charge in [-0.05, 0) is 32.0 Å². The van der Waals surface area contributed by atoms with E-state index in [0.29, 0.717) is 38.3 Å². The number of amides is 1. The molecule has 0 radical (unpaired) electrons. The molecule has 26 heavy (non-hydrogen) atoms. The van der Waals surface area contributed by atoms with Crippen molar-refractivity contribution in [3.05, 3.63) is 57.6 Å². The van der Waals surface area contributed by atoms with Gasteiger partial charge in [0.25, 0.3) is 5.91 Å². The van der Waals surface area contributed by atoms with Gasteiger partial charge in [0, 0.05) is 43.1 Å². The summed E-state index contributed by atoms with van der Waals surface area (Å²) in [6, 6.07) is 6.07. The quantitative estimate of drug-likeness (QED) is 0.833. The predicted octanol–water partition coefficient (Wildman–Crippen LogP) is 3.06. The van der Waals surface area contributed by atoms with Crippen molar-refractivity contribution in [1.82, 2.24) is 14.8 Å². The largest absolute Gasteiger partial charge is 0.362 e. The van der Waals surface area contributed by atoms with Gasteiger partial charge < -0.3 is 9.88 Å². The summed E-state index contributed by atoms with van der Waals surface area (Å²) in [4.78, 5) is 31.7. The summed E-state index contributed by atoms with van der Waals surface area (Å²) in [6.45, 7) is 6.10. The van der Waals surface area contributed by atoms with Crippen molar-refractivity contribution >= 4 is 23.3 Å². The van der Waals surface area contributed by atoms with E-state index < -0.39 is 11.7 Å². The summed E-state index contributed by atoms with van der Waals surface area (Å²) in [5.74, 6) is -0.960. The molecule has 0 saturated carbocycles. The number of rotatable bonds is 4. The summed E-state index contributed by atoms with van der Waals surface area (Å²) in [5.41, 5.74) is 2.45. The first-order valence-corrected chi connectivity index (χ1v) is 8.89. The number of aromatic amines is 1. The van der Waals surface area contributed by atoms with E-state index in [4.69, 9.17) is 11.6 Å². The number of H-pyrrole nitrogens is 1. The van der Waals surface area contributed by atoms with Crippen LogP contribution in [0.2, 0.25) is 5.02 Å². The van der Waals surface area contributed by atoms with Crippen LogP contribution >= 0.6 is 11.6 Å². The number of nitrogens with one attached hydrogen (secondary N) is 1. The number of carbonyl (C=O) groups excluding carboxylic acids is 2. The van der Waals surface area contributed by atoms with Crippen LogP contribution < -0.4 is 0 Å². The highest BCUT2D eigenvalue weighted by atomic mass is 35.5. The number of nitrogens with zero attached hydrogens (tertiary/aromatic N) is 2. The van der Waals surface area contributed by atoms with Gasteiger partial charge in [-0.25, -0.2) is 4.39 Å². The van der Waals surface area contributed by atoms with E-state index in [1.807, 2.05) is 24.8 Å². The molecule has 0 aliphatic carbocycles. The molecule has 138 valence electrons. The Bertz CT molecular complexity index is 821. The SMILES string of the molecule is Cc1cc(C(=O)CN2CCN(C(=O)c3c(F)cccc3Cl)CC2)c(C)[nH]1. The van der Waals surface area contributed by atoms with Crippen LogP contribution in [0.25, 0.3) is 0 Å². The molecule has 2 aromatic rings. The third-order valence-electron chi connectivity index (χ3n) is 4.65. The highest BCUT2D eigenvalue weighted by molar-refractivity contribution is 6.33.